The lowest BCUT2D eigenvalue weighted by Crippen LogP contribution is -2.29. The third-order valence-corrected chi connectivity index (χ3v) is 5.63. The van der Waals surface area contributed by atoms with Crippen LogP contribution in [0.25, 0.3) is 10.2 Å². The molecule has 7 nitrogen and oxygen atoms in total. The van der Waals surface area contributed by atoms with Gasteiger partial charge in [-0.3, -0.25) is 14.2 Å². The summed E-state index contributed by atoms with van der Waals surface area (Å²) in [7, 11) is 1.26. The number of hydrogen-bond acceptors (Lipinski definition) is 6. The van der Waals surface area contributed by atoms with E-state index in [-0.39, 0.29) is 11.5 Å². The van der Waals surface area contributed by atoms with Crippen LogP contribution in [0.5, 0.6) is 0 Å². The van der Waals surface area contributed by atoms with E-state index in [9.17, 15) is 14.4 Å². The second-order valence-electron chi connectivity index (χ2n) is 6.16. The fourth-order valence-corrected chi connectivity index (χ4v) is 3.84. The largest absolute Gasteiger partial charge is 0.467 e. The molecule has 1 N–H and O–H groups in total. The van der Waals surface area contributed by atoms with Crippen LogP contribution in [-0.2, 0) is 9.53 Å². The summed E-state index contributed by atoms with van der Waals surface area (Å²) in [4.78, 5) is 42.5. The number of thiophene rings is 1. The number of rotatable bonds is 4. The Morgan fingerprint density at radius 2 is 1.96 bits per heavy atom. The van der Waals surface area contributed by atoms with Crippen LogP contribution in [0.4, 0.5) is 5.69 Å². The van der Waals surface area contributed by atoms with E-state index in [0.717, 1.165) is 16.9 Å². The standard InChI is InChI=1S/C19H19N3O4S/c1-10-7-5-6-8-13(10)21-16(23)15-11(2)14-17(27-15)20-9-22(18(14)24)12(3)19(25)26-4/h5-9,12H,1-4H3,(H,21,23)/t12-/m0/s1. The van der Waals surface area contributed by atoms with Gasteiger partial charge in [-0.05, 0) is 38.0 Å². The Kier molecular flexibility index (Phi) is 5.09. The van der Waals surface area contributed by atoms with Crippen LogP contribution in [0.1, 0.15) is 33.8 Å². The molecule has 0 unspecified atom stereocenters. The van der Waals surface area contributed by atoms with Gasteiger partial charge in [0.25, 0.3) is 11.5 Å². The molecule has 2 heterocycles. The topological polar surface area (TPSA) is 90.3 Å². The first kappa shape index (κ1) is 18.8. The van der Waals surface area contributed by atoms with Crippen molar-refractivity contribution in [1.82, 2.24) is 9.55 Å². The van der Waals surface area contributed by atoms with Gasteiger partial charge < -0.3 is 10.1 Å². The van der Waals surface area contributed by atoms with E-state index >= 15 is 0 Å². The lowest BCUT2D eigenvalue weighted by atomic mass is 10.1. The minimum Gasteiger partial charge on any atom is -0.467 e. The number of nitrogens with one attached hydrogen (secondary N) is 1. The number of esters is 1. The van der Waals surface area contributed by atoms with Gasteiger partial charge in [-0.1, -0.05) is 18.2 Å². The van der Waals surface area contributed by atoms with Crippen molar-refractivity contribution < 1.29 is 14.3 Å². The van der Waals surface area contributed by atoms with Crippen LogP contribution < -0.4 is 10.9 Å². The van der Waals surface area contributed by atoms with Crippen molar-refractivity contribution in [2.45, 2.75) is 26.8 Å². The van der Waals surface area contributed by atoms with Gasteiger partial charge >= 0.3 is 5.97 Å². The predicted octanol–water partition coefficient (Wildman–Crippen LogP) is 3.06. The number of ether oxygens (including phenoxy) is 1. The number of nitrogens with zero attached hydrogens (tertiary/aromatic N) is 2. The first-order chi connectivity index (χ1) is 12.8. The molecule has 0 bridgehead atoms. The Morgan fingerprint density at radius 1 is 1.26 bits per heavy atom. The van der Waals surface area contributed by atoms with Gasteiger partial charge in [0.2, 0.25) is 0 Å². The number of fused-ring (bicyclic) bond motifs is 1. The predicted molar refractivity (Wildman–Crippen MR) is 104 cm³/mol. The zero-order valence-corrected chi connectivity index (χ0v) is 16.2. The highest BCUT2D eigenvalue weighted by molar-refractivity contribution is 7.20. The van der Waals surface area contributed by atoms with Gasteiger partial charge in [-0.25, -0.2) is 9.78 Å². The Hall–Kier alpha value is -3.00. The molecule has 1 aromatic carbocycles. The summed E-state index contributed by atoms with van der Waals surface area (Å²) >= 11 is 1.15. The smallest absolute Gasteiger partial charge is 0.328 e. The zero-order valence-electron chi connectivity index (χ0n) is 15.4. The van der Waals surface area contributed by atoms with E-state index in [1.165, 1.54) is 18.0 Å². The summed E-state index contributed by atoms with van der Waals surface area (Å²) in [6.45, 7) is 5.18. The maximum Gasteiger partial charge on any atom is 0.328 e. The van der Waals surface area contributed by atoms with Crippen molar-refractivity contribution >= 4 is 39.1 Å². The van der Waals surface area contributed by atoms with Crippen LogP contribution in [0, 0.1) is 13.8 Å². The number of carbonyl (C=O) groups excluding carboxylic acids is 2. The molecule has 3 rings (SSSR count). The average Bonchev–Trinajstić information content (AvgIpc) is 3.00. The van der Waals surface area contributed by atoms with Crippen molar-refractivity contribution in [2.75, 3.05) is 12.4 Å². The Balaban J connectivity index is 2.04. The molecule has 0 saturated heterocycles. The zero-order chi connectivity index (χ0) is 19.7. The third kappa shape index (κ3) is 3.35. The highest BCUT2D eigenvalue weighted by atomic mass is 32.1. The molecule has 0 aliphatic heterocycles. The van der Waals surface area contributed by atoms with Crippen molar-refractivity contribution in [2.24, 2.45) is 0 Å². The quantitative estimate of drug-likeness (QED) is 0.697. The first-order valence-electron chi connectivity index (χ1n) is 8.30. The van der Waals surface area contributed by atoms with Crippen LogP contribution in [0.3, 0.4) is 0 Å². The molecule has 8 heteroatoms. The molecule has 0 aliphatic rings. The number of benzene rings is 1. The molecule has 0 spiro atoms. The number of aryl methyl sites for hydroxylation is 2. The van der Waals surface area contributed by atoms with Gasteiger partial charge in [-0.15, -0.1) is 11.3 Å². The number of amides is 1. The minimum absolute atomic E-state index is 0.295. The number of anilines is 1. The summed E-state index contributed by atoms with van der Waals surface area (Å²) in [6.07, 6.45) is 1.31. The molecule has 0 saturated carbocycles. The summed E-state index contributed by atoms with van der Waals surface area (Å²) in [5, 5.41) is 3.21. The van der Waals surface area contributed by atoms with Crippen molar-refractivity contribution in [3.63, 3.8) is 0 Å². The van der Waals surface area contributed by atoms with Crippen molar-refractivity contribution in [3.8, 4) is 0 Å². The highest BCUT2D eigenvalue weighted by Crippen LogP contribution is 2.28. The monoisotopic (exact) mass is 385 g/mol. The van der Waals surface area contributed by atoms with Crippen molar-refractivity contribution in [1.29, 1.82) is 0 Å². The molecule has 140 valence electrons. The lowest BCUT2D eigenvalue weighted by Gasteiger charge is -2.12. The number of methoxy groups -OCH3 is 1. The molecule has 0 fully saturated rings. The Morgan fingerprint density at radius 3 is 2.63 bits per heavy atom. The molecule has 0 radical (unpaired) electrons. The fraction of sp³-hybridized carbons (Fsp3) is 0.263. The average molecular weight is 385 g/mol. The maximum absolute atomic E-state index is 12.8. The Bertz CT molecular complexity index is 1100. The molecule has 1 atom stereocenters. The van der Waals surface area contributed by atoms with Crippen LogP contribution >= 0.6 is 11.3 Å². The second kappa shape index (κ2) is 7.32. The van der Waals surface area contributed by atoms with Crippen LogP contribution in [-0.4, -0.2) is 28.5 Å². The van der Waals surface area contributed by atoms with Gasteiger partial charge in [0.1, 0.15) is 10.9 Å². The lowest BCUT2D eigenvalue weighted by molar-refractivity contribution is -0.144. The van der Waals surface area contributed by atoms with E-state index in [0.29, 0.717) is 26.3 Å². The van der Waals surface area contributed by atoms with Crippen LogP contribution in [0.15, 0.2) is 35.4 Å². The summed E-state index contributed by atoms with van der Waals surface area (Å²) < 4.78 is 5.92. The fourth-order valence-electron chi connectivity index (χ4n) is 2.81. The normalized spacial score (nSPS) is 12.0. The molecular weight excluding hydrogens is 366 g/mol. The van der Waals surface area contributed by atoms with Crippen molar-refractivity contribution in [3.05, 3.63) is 57.0 Å². The number of hydrogen-bond donors (Lipinski definition) is 1. The van der Waals surface area contributed by atoms with Crippen LogP contribution in [0.2, 0.25) is 0 Å². The SMILES string of the molecule is COC(=O)[C@H](C)n1cnc2sc(C(=O)Nc3ccccc3C)c(C)c2c1=O. The number of carbonyl (C=O) groups is 2. The summed E-state index contributed by atoms with van der Waals surface area (Å²) in [5.41, 5.74) is 1.83. The maximum atomic E-state index is 12.8. The molecule has 27 heavy (non-hydrogen) atoms. The Labute approximate surface area is 159 Å². The first-order valence-corrected chi connectivity index (χ1v) is 9.11. The van der Waals surface area contributed by atoms with E-state index in [2.05, 4.69) is 10.3 Å². The molecular formula is C19H19N3O4S. The summed E-state index contributed by atoms with van der Waals surface area (Å²) in [6, 6.07) is 6.66. The van der Waals surface area contributed by atoms with E-state index < -0.39 is 12.0 Å². The number of para-hydroxylation sites is 1. The minimum atomic E-state index is -0.803. The second-order valence-corrected chi connectivity index (χ2v) is 7.16. The van der Waals surface area contributed by atoms with E-state index in [1.807, 2.05) is 31.2 Å². The van der Waals surface area contributed by atoms with Gasteiger partial charge in [0.05, 0.1) is 23.7 Å². The molecule has 1 amide bonds. The van der Waals surface area contributed by atoms with Gasteiger partial charge in [0, 0.05) is 5.69 Å². The van der Waals surface area contributed by atoms with Gasteiger partial charge in [0.15, 0.2) is 0 Å². The number of aromatic nitrogens is 2. The van der Waals surface area contributed by atoms with E-state index in [4.69, 9.17) is 4.74 Å². The molecule has 3 aromatic rings. The molecule has 0 aliphatic carbocycles. The molecule has 2 aromatic heterocycles. The highest BCUT2D eigenvalue weighted by Gasteiger charge is 2.23. The van der Waals surface area contributed by atoms with Gasteiger partial charge in [-0.2, -0.15) is 0 Å². The van der Waals surface area contributed by atoms with E-state index in [1.54, 1.807) is 13.8 Å². The third-order valence-electron chi connectivity index (χ3n) is 4.44. The summed E-state index contributed by atoms with van der Waals surface area (Å²) in [5.74, 6) is -0.833.